The normalized spacial score (nSPS) is 34.0. The first-order valence-corrected chi connectivity index (χ1v) is 6.44. The van der Waals surface area contributed by atoms with E-state index in [-0.39, 0.29) is 5.91 Å². The fourth-order valence-electron chi connectivity index (χ4n) is 3.23. The van der Waals surface area contributed by atoms with Gasteiger partial charge in [-0.25, -0.2) is 0 Å². The van der Waals surface area contributed by atoms with Crippen LogP contribution in [0.4, 0.5) is 0 Å². The molecule has 2 unspecified atom stereocenters. The number of likely N-dealkylation sites (N-methyl/N-ethyl adjacent to an activating group) is 1. The molecule has 2 aliphatic rings. The maximum absolute atomic E-state index is 11.4. The van der Waals surface area contributed by atoms with Crippen molar-refractivity contribution in [2.45, 2.75) is 50.7 Å². The molecule has 0 aliphatic carbocycles. The van der Waals surface area contributed by atoms with Crippen LogP contribution in [-0.4, -0.2) is 49.1 Å². The Labute approximate surface area is 97.8 Å². The molecule has 2 fully saturated rings. The summed E-state index contributed by atoms with van der Waals surface area (Å²) in [6, 6.07) is 1.92. The molecule has 16 heavy (non-hydrogen) atoms. The molecule has 2 bridgehead atoms. The Balaban J connectivity index is 1.91. The second-order valence-corrected chi connectivity index (χ2v) is 4.96. The van der Waals surface area contributed by atoms with Crippen LogP contribution >= 0.6 is 0 Å². The zero-order chi connectivity index (χ0) is 11.5. The average Bonchev–Trinajstić information content (AvgIpc) is 2.52. The number of carbonyl (C=O) groups is 1. The summed E-state index contributed by atoms with van der Waals surface area (Å²) < 4.78 is 0. The van der Waals surface area contributed by atoms with Crippen LogP contribution in [-0.2, 0) is 4.79 Å². The van der Waals surface area contributed by atoms with Crippen LogP contribution in [0.2, 0.25) is 0 Å². The topological polar surface area (TPSA) is 44.4 Å². The minimum atomic E-state index is 0.152. The van der Waals surface area contributed by atoms with Gasteiger partial charge < -0.3 is 10.6 Å². The SMILES string of the molecule is CCNC1CC2CCC(C1)N2CC(=O)NC. The molecule has 0 aromatic rings. The molecule has 2 rings (SSSR count). The molecule has 0 saturated carbocycles. The van der Waals surface area contributed by atoms with Crippen molar-refractivity contribution in [1.29, 1.82) is 0 Å². The smallest absolute Gasteiger partial charge is 0.233 e. The Hall–Kier alpha value is -0.610. The highest BCUT2D eigenvalue weighted by atomic mass is 16.1. The van der Waals surface area contributed by atoms with E-state index in [0.29, 0.717) is 24.7 Å². The lowest BCUT2D eigenvalue weighted by atomic mass is 9.97. The van der Waals surface area contributed by atoms with Crippen LogP contribution in [0, 0.1) is 0 Å². The summed E-state index contributed by atoms with van der Waals surface area (Å²) in [7, 11) is 1.72. The molecule has 2 saturated heterocycles. The lowest BCUT2D eigenvalue weighted by molar-refractivity contribution is -0.123. The van der Waals surface area contributed by atoms with Crippen molar-refractivity contribution in [2.24, 2.45) is 0 Å². The molecular weight excluding hydrogens is 202 g/mol. The van der Waals surface area contributed by atoms with Crippen molar-refractivity contribution in [3.8, 4) is 0 Å². The minimum Gasteiger partial charge on any atom is -0.358 e. The number of carbonyl (C=O) groups excluding carboxylic acids is 1. The Kier molecular flexibility index (Phi) is 3.82. The first-order valence-electron chi connectivity index (χ1n) is 6.44. The van der Waals surface area contributed by atoms with Gasteiger partial charge in [-0.1, -0.05) is 6.92 Å². The van der Waals surface area contributed by atoms with E-state index in [1.54, 1.807) is 7.05 Å². The van der Waals surface area contributed by atoms with Gasteiger partial charge in [0.15, 0.2) is 0 Å². The van der Waals surface area contributed by atoms with E-state index in [0.717, 1.165) is 6.54 Å². The second-order valence-electron chi connectivity index (χ2n) is 4.96. The molecule has 2 atom stereocenters. The zero-order valence-electron chi connectivity index (χ0n) is 10.3. The molecule has 0 aromatic heterocycles. The molecule has 2 N–H and O–H groups in total. The van der Waals surface area contributed by atoms with Gasteiger partial charge in [-0.05, 0) is 32.2 Å². The third-order valence-electron chi connectivity index (χ3n) is 3.98. The molecule has 92 valence electrons. The minimum absolute atomic E-state index is 0.152. The number of piperidine rings is 1. The quantitative estimate of drug-likeness (QED) is 0.725. The third kappa shape index (κ3) is 2.38. The van der Waals surface area contributed by atoms with Crippen molar-refractivity contribution in [2.75, 3.05) is 20.1 Å². The molecular formula is C12H23N3O. The van der Waals surface area contributed by atoms with Crippen LogP contribution in [0.25, 0.3) is 0 Å². The van der Waals surface area contributed by atoms with Gasteiger partial charge in [0.25, 0.3) is 0 Å². The van der Waals surface area contributed by atoms with E-state index in [1.807, 2.05) is 0 Å². The first-order chi connectivity index (χ1) is 7.74. The summed E-state index contributed by atoms with van der Waals surface area (Å²) in [6.07, 6.45) is 4.95. The Morgan fingerprint density at radius 1 is 1.31 bits per heavy atom. The number of nitrogens with one attached hydrogen (secondary N) is 2. The molecule has 4 nitrogen and oxygen atoms in total. The average molecular weight is 225 g/mol. The predicted molar refractivity (Wildman–Crippen MR) is 64.3 cm³/mol. The van der Waals surface area contributed by atoms with Crippen LogP contribution in [0.5, 0.6) is 0 Å². The van der Waals surface area contributed by atoms with Crippen LogP contribution in [0.1, 0.15) is 32.6 Å². The summed E-state index contributed by atoms with van der Waals surface area (Å²) in [5, 5.41) is 6.27. The van der Waals surface area contributed by atoms with Crippen molar-refractivity contribution in [1.82, 2.24) is 15.5 Å². The van der Waals surface area contributed by atoms with E-state index in [1.165, 1.54) is 25.7 Å². The molecule has 0 spiro atoms. The Morgan fingerprint density at radius 2 is 1.94 bits per heavy atom. The maximum atomic E-state index is 11.4. The van der Waals surface area contributed by atoms with Crippen molar-refractivity contribution < 1.29 is 4.79 Å². The summed E-state index contributed by atoms with van der Waals surface area (Å²) in [5.41, 5.74) is 0. The number of rotatable bonds is 4. The Bertz CT molecular complexity index is 243. The fraction of sp³-hybridized carbons (Fsp3) is 0.917. The molecule has 0 aromatic carbocycles. The first kappa shape index (κ1) is 11.9. The summed E-state index contributed by atoms with van der Waals surface area (Å²) in [5.74, 6) is 0.152. The standard InChI is InChI=1S/C12H23N3O/c1-3-14-9-6-10-4-5-11(7-9)15(10)8-12(16)13-2/h9-11,14H,3-8H2,1-2H3,(H,13,16). The Morgan fingerprint density at radius 3 is 2.44 bits per heavy atom. The zero-order valence-corrected chi connectivity index (χ0v) is 10.3. The fourth-order valence-corrected chi connectivity index (χ4v) is 3.23. The number of hydrogen-bond donors (Lipinski definition) is 2. The number of nitrogens with zero attached hydrogens (tertiary/aromatic N) is 1. The van der Waals surface area contributed by atoms with Crippen LogP contribution < -0.4 is 10.6 Å². The van der Waals surface area contributed by atoms with Gasteiger partial charge in [-0.15, -0.1) is 0 Å². The second kappa shape index (κ2) is 5.15. The van der Waals surface area contributed by atoms with Gasteiger partial charge in [0.05, 0.1) is 6.54 Å². The van der Waals surface area contributed by atoms with Gasteiger partial charge in [0, 0.05) is 25.2 Å². The maximum Gasteiger partial charge on any atom is 0.233 e. The van der Waals surface area contributed by atoms with Crippen molar-refractivity contribution >= 4 is 5.91 Å². The molecule has 1 amide bonds. The van der Waals surface area contributed by atoms with E-state index < -0.39 is 0 Å². The summed E-state index contributed by atoms with van der Waals surface area (Å²) in [4.78, 5) is 13.8. The number of fused-ring (bicyclic) bond motifs is 2. The number of amides is 1. The predicted octanol–water partition coefficient (Wildman–Crippen LogP) is 0.337. The molecule has 2 aliphatic heterocycles. The van der Waals surface area contributed by atoms with E-state index in [2.05, 4.69) is 22.5 Å². The highest BCUT2D eigenvalue weighted by Crippen LogP contribution is 2.35. The molecule has 4 heteroatoms. The highest BCUT2D eigenvalue weighted by molar-refractivity contribution is 5.77. The van der Waals surface area contributed by atoms with E-state index in [9.17, 15) is 4.79 Å². The lowest BCUT2D eigenvalue weighted by Crippen LogP contribution is -2.51. The van der Waals surface area contributed by atoms with Crippen molar-refractivity contribution in [3.05, 3.63) is 0 Å². The van der Waals surface area contributed by atoms with Crippen LogP contribution in [0.3, 0.4) is 0 Å². The van der Waals surface area contributed by atoms with Gasteiger partial charge in [0.1, 0.15) is 0 Å². The molecule has 2 heterocycles. The van der Waals surface area contributed by atoms with Gasteiger partial charge in [0.2, 0.25) is 5.91 Å². The lowest BCUT2D eigenvalue weighted by Gasteiger charge is -2.38. The largest absolute Gasteiger partial charge is 0.358 e. The van der Waals surface area contributed by atoms with E-state index >= 15 is 0 Å². The van der Waals surface area contributed by atoms with Gasteiger partial charge >= 0.3 is 0 Å². The summed E-state index contributed by atoms with van der Waals surface area (Å²) >= 11 is 0. The van der Waals surface area contributed by atoms with Crippen molar-refractivity contribution in [3.63, 3.8) is 0 Å². The van der Waals surface area contributed by atoms with Crippen LogP contribution in [0.15, 0.2) is 0 Å². The monoisotopic (exact) mass is 225 g/mol. The van der Waals surface area contributed by atoms with E-state index in [4.69, 9.17) is 0 Å². The summed E-state index contributed by atoms with van der Waals surface area (Å²) in [6.45, 7) is 3.81. The number of hydrogen-bond acceptors (Lipinski definition) is 3. The highest BCUT2D eigenvalue weighted by Gasteiger charge is 2.40. The molecule has 0 radical (unpaired) electrons. The third-order valence-corrected chi connectivity index (χ3v) is 3.98. The van der Waals surface area contributed by atoms with Gasteiger partial charge in [-0.3, -0.25) is 9.69 Å². The van der Waals surface area contributed by atoms with Gasteiger partial charge in [-0.2, -0.15) is 0 Å².